The van der Waals surface area contributed by atoms with E-state index in [9.17, 15) is 13.2 Å². The molecular formula is C19H30N2O5S. The smallest absolute Gasteiger partial charge is 0.224 e. The second-order valence-corrected chi connectivity index (χ2v) is 8.94. The van der Waals surface area contributed by atoms with E-state index in [1.165, 1.54) is 4.31 Å². The summed E-state index contributed by atoms with van der Waals surface area (Å²) in [7, 11) is -0.0225. The minimum Gasteiger partial charge on any atom is -0.493 e. The molecule has 1 aliphatic rings. The second-order valence-electron chi connectivity index (χ2n) is 6.68. The number of nitrogens with one attached hydrogen (secondary N) is 1. The van der Waals surface area contributed by atoms with Gasteiger partial charge in [0.2, 0.25) is 15.9 Å². The lowest BCUT2D eigenvalue weighted by Gasteiger charge is -2.30. The standard InChI is InChI=1S/C19H30N2O5S/c1-4-27(23,24)21-12-6-8-16(14-21)19(22)20-11-5-7-15-9-10-17(25-2)18(13-15)26-3/h9-10,13,16H,4-8,11-12,14H2,1-3H3,(H,20,22)/t16-/m1/s1. The van der Waals surface area contributed by atoms with E-state index in [-0.39, 0.29) is 24.1 Å². The molecule has 2 rings (SSSR count). The van der Waals surface area contributed by atoms with E-state index >= 15 is 0 Å². The first-order chi connectivity index (χ1) is 12.9. The van der Waals surface area contributed by atoms with Crippen LogP contribution >= 0.6 is 0 Å². The number of benzene rings is 1. The van der Waals surface area contributed by atoms with Crippen molar-refractivity contribution in [1.29, 1.82) is 0 Å². The van der Waals surface area contributed by atoms with Crippen molar-refractivity contribution in [2.75, 3.05) is 39.6 Å². The number of aryl methyl sites for hydroxylation is 1. The number of hydrogen-bond acceptors (Lipinski definition) is 5. The molecular weight excluding hydrogens is 368 g/mol. The Balaban J connectivity index is 1.79. The highest BCUT2D eigenvalue weighted by Crippen LogP contribution is 2.28. The normalized spacial score (nSPS) is 18.1. The number of sulfonamides is 1. The Bertz CT molecular complexity index is 736. The fraction of sp³-hybridized carbons (Fsp3) is 0.632. The van der Waals surface area contributed by atoms with Crippen molar-refractivity contribution < 1.29 is 22.7 Å². The Hall–Kier alpha value is -1.80. The largest absolute Gasteiger partial charge is 0.493 e. The number of piperidine rings is 1. The average molecular weight is 399 g/mol. The lowest BCUT2D eigenvalue weighted by molar-refractivity contribution is -0.126. The summed E-state index contributed by atoms with van der Waals surface area (Å²) in [5.41, 5.74) is 1.11. The van der Waals surface area contributed by atoms with E-state index < -0.39 is 10.0 Å². The summed E-state index contributed by atoms with van der Waals surface area (Å²) >= 11 is 0. The third-order valence-electron chi connectivity index (χ3n) is 4.90. The summed E-state index contributed by atoms with van der Waals surface area (Å²) in [6.07, 6.45) is 3.06. The fourth-order valence-corrected chi connectivity index (χ4v) is 4.46. The van der Waals surface area contributed by atoms with Gasteiger partial charge in [-0.25, -0.2) is 12.7 Å². The van der Waals surface area contributed by atoms with Crippen LogP contribution < -0.4 is 14.8 Å². The van der Waals surface area contributed by atoms with Gasteiger partial charge in [0, 0.05) is 19.6 Å². The molecule has 1 fully saturated rings. The van der Waals surface area contributed by atoms with Gasteiger partial charge < -0.3 is 14.8 Å². The van der Waals surface area contributed by atoms with E-state index in [2.05, 4.69) is 5.32 Å². The molecule has 0 aromatic heterocycles. The molecule has 152 valence electrons. The number of nitrogens with zero attached hydrogens (tertiary/aromatic N) is 1. The number of amides is 1. The molecule has 0 saturated carbocycles. The molecule has 1 aromatic rings. The van der Waals surface area contributed by atoms with E-state index in [1.807, 2.05) is 18.2 Å². The molecule has 8 heteroatoms. The molecule has 1 amide bonds. The molecule has 27 heavy (non-hydrogen) atoms. The van der Waals surface area contributed by atoms with E-state index in [0.717, 1.165) is 31.2 Å². The van der Waals surface area contributed by atoms with Crippen LogP contribution in [-0.4, -0.2) is 58.2 Å². The monoisotopic (exact) mass is 398 g/mol. The molecule has 1 aliphatic heterocycles. The molecule has 0 radical (unpaired) electrons. The lowest BCUT2D eigenvalue weighted by atomic mass is 9.99. The highest BCUT2D eigenvalue weighted by Gasteiger charge is 2.31. The molecule has 0 spiro atoms. The Morgan fingerprint density at radius 3 is 2.67 bits per heavy atom. The van der Waals surface area contributed by atoms with Gasteiger partial charge in [0.05, 0.1) is 25.9 Å². The van der Waals surface area contributed by atoms with Gasteiger partial charge in [-0.3, -0.25) is 4.79 Å². The molecule has 1 aromatic carbocycles. The lowest BCUT2D eigenvalue weighted by Crippen LogP contribution is -2.46. The third kappa shape index (κ3) is 5.84. The summed E-state index contributed by atoms with van der Waals surface area (Å²) in [5, 5.41) is 2.95. The summed E-state index contributed by atoms with van der Waals surface area (Å²) in [6.45, 7) is 2.99. The first-order valence-corrected chi connectivity index (χ1v) is 11.0. The van der Waals surface area contributed by atoms with E-state index in [4.69, 9.17) is 9.47 Å². The van der Waals surface area contributed by atoms with Gasteiger partial charge in [-0.2, -0.15) is 0 Å². The number of ether oxygens (including phenoxy) is 2. The van der Waals surface area contributed by atoms with Crippen LogP contribution in [-0.2, 0) is 21.2 Å². The predicted molar refractivity (Wildman–Crippen MR) is 105 cm³/mol. The predicted octanol–water partition coefficient (Wildman–Crippen LogP) is 1.81. The minimum absolute atomic E-state index is 0.0571. The average Bonchev–Trinajstić information content (AvgIpc) is 2.70. The maximum absolute atomic E-state index is 12.4. The quantitative estimate of drug-likeness (QED) is 0.642. The van der Waals surface area contributed by atoms with Crippen molar-refractivity contribution in [3.63, 3.8) is 0 Å². The molecule has 1 N–H and O–H groups in total. The molecule has 0 aliphatic carbocycles. The van der Waals surface area contributed by atoms with Crippen molar-refractivity contribution in [2.24, 2.45) is 5.92 Å². The number of rotatable bonds is 9. The topological polar surface area (TPSA) is 84.9 Å². The van der Waals surface area contributed by atoms with Crippen LogP contribution in [0.15, 0.2) is 18.2 Å². The maximum Gasteiger partial charge on any atom is 0.224 e. The van der Waals surface area contributed by atoms with Gasteiger partial charge in [0.25, 0.3) is 0 Å². The summed E-state index contributed by atoms with van der Waals surface area (Å²) in [4.78, 5) is 12.4. The van der Waals surface area contributed by atoms with Crippen LogP contribution in [0.4, 0.5) is 0 Å². The van der Waals surface area contributed by atoms with Gasteiger partial charge in [0.15, 0.2) is 11.5 Å². The Morgan fingerprint density at radius 2 is 2.00 bits per heavy atom. The molecule has 1 atom stereocenters. The zero-order valence-electron chi connectivity index (χ0n) is 16.4. The van der Waals surface area contributed by atoms with Crippen molar-refractivity contribution in [1.82, 2.24) is 9.62 Å². The van der Waals surface area contributed by atoms with Crippen LogP contribution in [0.1, 0.15) is 31.7 Å². The highest BCUT2D eigenvalue weighted by atomic mass is 32.2. The summed E-state index contributed by atoms with van der Waals surface area (Å²) < 4.78 is 36.0. The van der Waals surface area contributed by atoms with Crippen molar-refractivity contribution in [3.05, 3.63) is 23.8 Å². The Morgan fingerprint density at radius 1 is 1.26 bits per heavy atom. The zero-order valence-corrected chi connectivity index (χ0v) is 17.2. The van der Waals surface area contributed by atoms with Crippen molar-refractivity contribution >= 4 is 15.9 Å². The first kappa shape index (κ1) is 21.5. The Labute approximate surface area is 162 Å². The molecule has 7 nitrogen and oxygen atoms in total. The maximum atomic E-state index is 12.4. The third-order valence-corrected chi connectivity index (χ3v) is 6.75. The van der Waals surface area contributed by atoms with Crippen LogP contribution in [0.5, 0.6) is 11.5 Å². The van der Waals surface area contributed by atoms with Crippen molar-refractivity contribution in [2.45, 2.75) is 32.6 Å². The number of carbonyl (C=O) groups is 1. The van der Waals surface area contributed by atoms with Gasteiger partial charge >= 0.3 is 0 Å². The molecule has 1 saturated heterocycles. The van der Waals surface area contributed by atoms with Gasteiger partial charge in [0.1, 0.15) is 0 Å². The van der Waals surface area contributed by atoms with Crippen LogP contribution in [0.2, 0.25) is 0 Å². The van der Waals surface area contributed by atoms with Crippen LogP contribution in [0.25, 0.3) is 0 Å². The van der Waals surface area contributed by atoms with Gasteiger partial charge in [-0.1, -0.05) is 6.07 Å². The first-order valence-electron chi connectivity index (χ1n) is 9.37. The van der Waals surface area contributed by atoms with E-state index in [0.29, 0.717) is 24.6 Å². The summed E-state index contributed by atoms with van der Waals surface area (Å²) in [5.74, 6) is 1.14. The molecule has 0 unspecified atom stereocenters. The van der Waals surface area contributed by atoms with E-state index in [1.54, 1.807) is 21.1 Å². The van der Waals surface area contributed by atoms with Crippen LogP contribution in [0, 0.1) is 5.92 Å². The molecule has 0 bridgehead atoms. The Kier molecular flexibility index (Phi) is 7.91. The van der Waals surface area contributed by atoms with Crippen molar-refractivity contribution in [3.8, 4) is 11.5 Å². The second kappa shape index (κ2) is 9.94. The number of hydrogen-bond donors (Lipinski definition) is 1. The SMILES string of the molecule is CCS(=O)(=O)N1CCC[C@@H](C(=O)NCCCc2ccc(OC)c(OC)c2)C1. The molecule has 1 heterocycles. The van der Waals surface area contributed by atoms with Gasteiger partial charge in [-0.05, 0) is 50.3 Å². The summed E-state index contributed by atoms with van der Waals surface area (Å²) in [6, 6.07) is 5.80. The number of carbonyl (C=O) groups excluding carboxylic acids is 1. The minimum atomic E-state index is -3.23. The van der Waals surface area contributed by atoms with Crippen LogP contribution in [0.3, 0.4) is 0 Å². The highest BCUT2D eigenvalue weighted by molar-refractivity contribution is 7.89. The zero-order chi connectivity index (χ0) is 19.9. The fourth-order valence-electron chi connectivity index (χ4n) is 3.28. The number of methoxy groups -OCH3 is 2. The van der Waals surface area contributed by atoms with Gasteiger partial charge in [-0.15, -0.1) is 0 Å².